The minimum absolute atomic E-state index is 0.147. The first-order valence-electron chi connectivity index (χ1n) is 5.88. The minimum atomic E-state index is 0.147. The van der Waals surface area contributed by atoms with Crippen LogP contribution in [-0.2, 0) is 0 Å². The van der Waals surface area contributed by atoms with Crippen LogP contribution in [0, 0.1) is 0 Å². The lowest BCUT2D eigenvalue weighted by Crippen LogP contribution is -1.79. The molecule has 0 saturated heterocycles. The Morgan fingerprint density at radius 1 is 0.842 bits per heavy atom. The topological polar surface area (TPSA) is 57.8 Å². The maximum absolute atomic E-state index is 9.75. The Hall–Kier alpha value is -2.75. The van der Waals surface area contributed by atoms with Crippen LogP contribution in [0.2, 0.25) is 0 Å². The molecule has 0 amide bonds. The number of aromatic hydroxyl groups is 1. The van der Waals surface area contributed by atoms with Crippen LogP contribution >= 0.6 is 0 Å². The van der Waals surface area contributed by atoms with Gasteiger partial charge < -0.3 is 5.11 Å². The zero-order valence-electron chi connectivity index (χ0n) is 10.1. The summed E-state index contributed by atoms with van der Waals surface area (Å²) in [7, 11) is 0. The van der Waals surface area contributed by atoms with Gasteiger partial charge in [-0.25, -0.2) is 0 Å². The van der Waals surface area contributed by atoms with Gasteiger partial charge in [-0.1, -0.05) is 18.2 Å². The van der Waals surface area contributed by atoms with Gasteiger partial charge in [0.1, 0.15) is 11.3 Å². The number of hydrogen-bond acceptors (Lipinski definition) is 4. The lowest BCUT2D eigenvalue weighted by Gasteiger charge is -2.02. The number of rotatable bonds is 2. The normalized spacial score (nSPS) is 11.2. The third kappa shape index (κ3) is 2.28. The Morgan fingerprint density at radius 2 is 1.68 bits per heavy atom. The first kappa shape index (κ1) is 11.3. The summed E-state index contributed by atoms with van der Waals surface area (Å²) in [5, 5.41) is 18.9. The zero-order valence-corrected chi connectivity index (χ0v) is 10.1. The molecule has 0 radical (unpaired) electrons. The molecule has 1 aromatic heterocycles. The lowest BCUT2D eigenvalue weighted by atomic mass is 10.2. The fraction of sp³-hybridized carbons (Fsp3) is 0. The van der Waals surface area contributed by atoms with E-state index in [1.54, 1.807) is 18.3 Å². The van der Waals surface area contributed by atoms with Gasteiger partial charge in [0, 0.05) is 11.6 Å². The summed E-state index contributed by atoms with van der Waals surface area (Å²) in [4.78, 5) is 4.14. The maximum atomic E-state index is 9.75. The Morgan fingerprint density at radius 3 is 2.53 bits per heavy atom. The van der Waals surface area contributed by atoms with E-state index in [-0.39, 0.29) is 5.75 Å². The molecular weight excluding hydrogens is 238 g/mol. The summed E-state index contributed by atoms with van der Waals surface area (Å²) in [5.41, 5.74) is 2.00. The van der Waals surface area contributed by atoms with Crippen molar-refractivity contribution in [1.29, 1.82) is 0 Å². The summed E-state index contributed by atoms with van der Waals surface area (Å²) in [6.07, 6.45) is 1.64. The number of phenolic OH excluding ortho intramolecular Hbond substituents is 1. The van der Waals surface area contributed by atoms with Crippen LogP contribution in [0.5, 0.6) is 5.75 Å². The number of benzene rings is 2. The Bertz CT molecular complexity index is 739. The average molecular weight is 249 g/mol. The van der Waals surface area contributed by atoms with Gasteiger partial charge in [-0.3, -0.25) is 4.98 Å². The summed E-state index contributed by atoms with van der Waals surface area (Å²) < 4.78 is 0. The minimum Gasteiger partial charge on any atom is -0.506 e. The van der Waals surface area contributed by atoms with Crippen LogP contribution in [0.25, 0.3) is 10.9 Å². The van der Waals surface area contributed by atoms with E-state index >= 15 is 0 Å². The van der Waals surface area contributed by atoms with E-state index in [1.807, 2.05) is 42.5 Å². The second-order valence-electron chi connectivity index (χ2n) is 4.04. The molecule has 4 nitrogen and oxygen atoms in total. The second-order valence-corrected chi connectivity index (χ2v) is 4.04. The highest BCUT2D eigenvalue weighted by Crippen LogP contribution is 2.31. The van der Waals surface area contributed by atoms with Gasteiger partial charge in [-0.2, -0.15) is 5.11 Å². The molecule has 0 aliphatic carbocycles. The van der Waals surface area contributed by atoms with Crippen molar-refractivity contribution in [3.63, 3.8) is 0 Å². The Kier molecular flexibility index (Phi) is 2.90. The molecule has 2 aromatic carbocycles. The number of hydrogen-bond donors (Lipinski definition) is 1. The van der Waals surface area contributed by atoms with Gasteiger partial charge in [0.15, 0.2) is 0 Å². The molecule has 1 heterocycles. The third-order valence-electron chi connectivity index (χ3n) is 2.75. The van der Waals surface area contributed by atoms with Crippen molar-refractivity contribution in [1.82, 2.24) is 4.98 Å². The second kappa shape index (κ2) is 4.86. The standard InChI is InChI=1S/C15H11N3O/c19-14-9-8-13(12-7-4-10-16-15(12)14)18-17-11-5-2-1-3-6-11/h1-10,19H/b18-17+. The van der Waals surface area contributed by atoms with E-state index in [2.05, 4.69) is 15.2 Å². The molecule has 0 saturated carbocycles. The average Bonchev–Trinajstić information content (AvgIpc) is 2.48. The molecule has 19 heavy (non-hydrogen) atoms. The first-order chi connectivity index (χ1) is 9.34. The molecule has 0 aliphatic rings. The summed E-state index contributed by atoms with van der Waals surface area (Å²) >= 11 is 0. The van der Waals surface area contributed by atoms with Crippen molar-refractivity contribution in [2.75, 3.05) is 0 Å². The molecule has 4 heteroatoms. The van der Waals surface area contributed by atoms with Crippen LogP contribution in [-0.4, -0.2) is 10.1 Å². The van der Waals surface area contributed by atoms with E-state index in [0.717, 1.165) is 11.1 Å². The van der Waals surface area contributed by atoms with Gasteiger partial charge >= 0.3 is 0 Å². The molecule has 0 spiro atoms. The van der Waals surface area contributed by atoms with Crippen LogP contribution < -0.4 is 0 Å². The summed E-state index contributed by atoms with van der Waals surface area (Å²) in [6.45, 7) is 0. The molecular formula is C15H11N3O. The Balaban J connectivity index is 2.07. The van der Waals surface area contributed by atoms with Crippen molar-refractivity contribution in [3.8, 4) is 5.75 Å². The van der Waals surface area contributed by atoms with Crippen molar-refractivity contribution < 1.29 is 5.11 Å². The number of pyridine rings is 1. The van der Waals surface area contributed by atoms with E-state index in [1.165, 1.54) is 0 Å². The molecule has 3 rings (SSSR count). The van der Waals surface area contributed by atoms with Crippen molar-refractivity contribution >= 4 is 22.3 Å². The van der Waals surface area contributed by atoms with Gasteiger partial charge in [0.05, 0.1) is 11.4 Å². The number of fused-ring (bicyclic) bond motifs is 1. The monoisotopic (exact) mass is 249 g/mol. The number of azo groups is 1. The van der Waals surface area contributed by atoms with Crippen LogP contribution in [0.1, 0.15) is 0 Å². The molecule has 0 aliphatic heterocycles. The van der Waals surface area contributed by atoms with Crippen molar-refractivity contribution in [2.45, 2.75) is 0 Å². The predicted molar refractivity (Wildman–Crippen MR) is 74.0 cm³/mol. The lowest BCUT2D eigenvalue weighted by molar-refractivity contribution is 0.480. The molecule has 0 fully saturated rings. The highest BCUT2D eigenvalue weighted by molar-refractivity contribution is 5.93. The van der Waals surface area contributed by atoms with Gasteiger partial charge in [-0.15, -0.1) is 5.11 Å². The first-order valence-corrected chi connectivity index (χ1v) is 5.88. The van der Waals surface area contributed by atoms with Gasteiger partial charge in [0.2, 0.25) is 0 Å². The van der Waals surface area contributed by atoms with Gasteiger partial charge in [0.25, 0.3) is 0 Å². The largest absolute Gasteiger partial charge is 0.506 e. The van der Waals surface area contributed by atoms with Crippen LogP contribution in [0.3, 0.4) is 0 Å². The summed E-state index contributed by atoms with van der Waals surface area (Å²) in [6, 6.07) is 16.5. The van der Waals surface area contributed by atoms with Crippen LogP contribution in [0.4, 0.5) is 11.4 Å². The SMILES string of the molecule is Oc1ccc(/N=N/c2ccccc2)c2cccnc12. The van der Waals surface area contributed by atoms with E-state index < -0.39 is 0 Å². The quantitative estimate of drug-likeness (QED) is 0.686. The van der Waals surface area contributed by atoms with Crippen molar-refractivity contribution in [3.05, 3.63) is 60.8 Å². The third-order valence-corrected chi connectivity index (χ3v) is 2.75. The van der Waals surface area contributed by atoms with E-state index in [4.69, 9.17) is 0 Å². The van der Waals surface area contributed by atoms with Crippen LogP contribution in [0.15, 0.2) is 71.0 Å². The molecule has 0 bridgehead atoms. The fourth-order valence-electron chi connectivity index (χ4n) is 1.84. The molecule has 92 valence electrons. The number of aromatic nitrogens is 1. The molecule has 3 aromatic rings. The molecule has 0 atom stereocenters. The summed E-state index contributed by atoms with van der Waals surface area (Å²) in [5.74, 6) is 0.147. The highest BCUT2D eigenvalue weighted by Gasteiger charge is 2.04. The molecule has 1 N–H and O–H groups in total. The maximum Gasteiger partial charge on any atom is 0.141 e. The van der Waals surface area contributed by atoms with E-state index in [9.17, 15) is 5.11 Å². The smallest absolute Gasteiger partial charge is 0.141 e. The number of phenols is 1. The van der Waals surface area contributed by atoms with E-state index in [0.29, 0.717) is 11.2 Å². The van der Waals surface area contributed by atoms with Gasteiger partial charge in [-0.05, 0) is 36.4 Å². The molecule has 0 unspecified atom stereocenters. The highest BCUT2D eigenvalue weighted by atomic mass is 16.3. The number of nitrogens with zero attached hydrogens (tertiary/aromatic N) is 3. The predicted octanol–water partition coefficient (Wildman–Crippen LogP) is 4.36. The van der Waals surface area contributed by atoms with Crippen molar-refractivity contribution in [2.24, 2.45) is 10.2 Å². The Labute approximate surface area is 110 Å². The zero-order chi connectivity index (χ0) is 13.1. The fourth-order valence-corrected chi connectivity index (χ4v) is 1.84.